The summed E-state index contributed by atoms with van der Waals surface area (Å²) >= 11 is 0. The van der Waals surface area contributed by atoms with Crippen LogP contribution in [0, 0.1) is 94.7 Å². The number of hydrogen-bond donors (Lipinski definition) is 4. The summed E-state index contributed by atoms with van der Waals surface area (Å²) in [5, 5.41) is 47.7. The van der Waals surface area contributed by atoms with E-state index in [4.69, 9.17) is 4.74 Å². The van der Waals surface area contributed by atoms with E-state index in [1.165, 1.54) is 205 Å². The van der Waals surface area contributed by atoms with Crippen LogP contribution in [0.1, 0.15) is 421 Å². The maximum absolute atomic E-state index is 12.6. The van der Waals surface area contributed by atoms with Gasteiger partial charge in [-0.25, -0.2) is 0 Å². The first-order chi connectivity index (χ1) is 43.1. The molecule has 91 heavy (non-hydrogen) atoms. The van der Waals surface area contributed by atoms with Crippen molar-refractivity contribution in [2.45, 2.75) is 444 Å². The first-order valence-electron chi connectivity index (χ1n) is 41.3. The lowest BCUT2D eigenvalue weighted by Gasteiger charge is -2.49. The fourth-order valence-corrected chi connectivity index (χ4v) is 15.7. The van der Waals surface area contributed by atoms with Crippen LogP contribution in [-0.4, -0.2) is 57.0 Å². The molecule has 0 amide bonds. The van der Waals surface area contributed by atoms with Gasteiger partial charge in [0.1, 0.15) is 12.2 Å². The first-order valence-corrected chi connectivity index (χ1v) is 41.3. The van der Waals surface area contributed by atoms with Crippen molar-refractivity contribution in [2.24, 2.45) is 94.7 Å². The minimum atomic E-state index is -1.08. The maximum Gasteiger partial charge on any atom is 0.106 e. The fourth-order valence-electron chi connectivity index (χ4n) is 15.7. The van der Waals surface area contributed by atoms with Crippen molar-refractivity contribution in [1.82, 2.24) is 0 Å². The number of aliphatic hydroxyl groups excluding tert-OH is 4. The van der Waals surface area contributed by atoms with E-state index in [2.05, 4.69) is 138 Å². The third-order valence-corrected chi connectivity index (χ3v) is 23.3. The van der Waals surface area contributed by atoms with Gasteiger partial charge in [0.25, 0.3) is 0 Å². The van der Waals surface area contributed by atoms with Crippen molar-refractivity contribution in [1.29, 1.82) is 0 Å². The van der Waals surface area contributed by atoms with Crippen LogP contribution in [0.2, 0.25) is 0 Å². The molecule has 0 aliphatic rings. The normalized spacial score (nSPS) is 18.6. The molecule has 0 aliphatic carbocycles. The Kier molecular flexibility index (Phi) is 55.5. The molecule has 5 nitrogen and oxygen atoms in total. The Morgan fingerprint density at radius 3 is 0.440 bits per heavy atom. The number of aliphatic hydroxyl groups is 4. The van der Waals surface area contributed by atoms with Crippen LogP contribution in [-0.2, 0) is 4.74 Å². The number of rotatable bonds is 66. The Hall–Kier alpha value is -0.200. The molecule has 0 bridgehead atoms. The van der Waals surface area contributed by atoms with E-state index >= 15 is 0 Å². The van der Waals surface area contributed by atoms with Gasteiger partial charge in [-0.3, -0.25) is 0 Å². The van der Waals surface area contributed by atoms with Gasteiger partial charge in [-0.15, -0.1) is 0 Å². The van der Waals surface area contributed by atoms with Crippen LogP contribution in [0.3, 0.4) is 0 Å². The monoisotopic (exact) mass is 1290 g/mol. The lowest BCUT2D eigenvalue weighted by atomic mass is 9.76. The fraction of sp³-hybridized carbons (Fsp3) is 1.00. The van der Waals surface area contributed by atoms with E-state index in [1.807, 2.05) is 0 Å². The van der Waals surface area contributed by atoms with E-state index in [9.17, 15) is 20.4 Å². The topological polar surface area (TPSA) is 90.2 Å². The third kappa shape index (κ3) is 49.9. The molecule has 0 aromatic carbocycles. The highest BCUT2D eigenvalue weighted by Crippen LogP contribution is 2.44. The second kappa shape index (κ2) is 55.7. The van der Waals surface area contributed by atoms with Crippen molar-refractivity contribution in [2.75, 3.05) is 13.2 Å². The minimum absolute atomic E-state index is 0.368. The van der Waals surface area contributed by atoms with E-state index in [1.54, 1.807) is 0 Å². The Bertz CT molecular complexity index is 1350. The zero-order valence-electron chi connectivity index (χ0n) is 66.1. The standard InChI is InChI=1S/C86H174O5/c1-67(2)33-21-37-71(9)41-25-45-75(13)49-29-53-79(17)57-61-85(83(89)65-87,62-58-80(18)54-30-50-76(14)46-26-42-72(10)38-22-34-68(3)4)91-86(84(90)66-88,63-59-81(19)55-31-51-77(15)47-27-43-73(11)39-23-35-69(5)6)64-60-82(20)56-32-52-78(16)48-28-44-74(12)40-24-36-70(7)8/h67-84,87-90H,21-66H2,1-20H3/t71?,72?,73?,74?,75?,76?,77?,78?,79?,80?,81?,82?,83-,84-,85?,86?/m0/s1. The van der Waals surface area contributed by atoms with E-state index < -0.39 is 23.4 Å². The average Bonchev–Trinajstić information content (AvgIpc) is 0.806. The quantitative estimate of drug-likeness (QED) is 0.0487. The molecule has 0 aliphatic heterocycles. The van der Waals surface area contributed by atoms with Crippen LogP contribution < -0.4 is 0 Å². The van der Waals surface area contributed by atoms with Crippen LogP contribution in [0.15, 0.2) is 0 Å². The summed E-state index contributed by atoms with van der Waals surface area (Å²) in [7, 11) is 0. The minimum Gasteiger partial charge on any atom is -0.394 e. The second-order valence-electron chi connectivity index (χ2n) is 35.8. The van der Waals surface area contributed by atoms with Gasteiger partial charge >= 0.3 is 0 Å². The van der Waals surface area contributed by atoms with Gasteiger partial charge in [0.15, 0.2) is 0 Å². The third-order valence-electron chi connectivity index (χ3n) is 23.3. The Labute approximate surface area is 574 Å². The predicted octanol–water partition coefficient (Wildman–Crippen LogP) is 26.6. The zero-order valence-corrected chi connectivity index (χ0v) is 66.1. The van der Waals surface area contributed by atoms with Gasteiger partial charge in [0.05, 0.1) is 24.4 Å². The molecule has 5 heteroatoms. The van der Waals surface area contributed by atoms with Gasteiger partial charge < -0.3 is 25.2 Å². The van der Waals surface area contributed by atoms with Crippen molar-refractivity contribution in [3.05, 3.63) is 0 Å². The summed E-state index contributed by atoms with van der Waals surface area (Å²) in [6, 6.07) is 0. The summed E-state index contributed by atoms with van der Waals surface area (Å²) in [5.74, 6) is 11.2. The average molecular weight is 1290 g/mol. The molecule has 0 spiro atoms. The highest BCUT2D eigenvalue weighted by molar-refractivity contribution is 4.98. The molecule has 14 atom stereocenters. The van der Waals surface area contributed by atoms with Gasteiger partial charge in [0.2, 0.25) is 0 Å². The maximum atomic E-state index is 12.6. The van der Waals surface area contributed by atoms with Gasteiger partial charge in [-0.05, 0) is 146 Å². The molecule has 548 valence electrons. The zero-order chi connectivity index (χ0) is 68.6. The summed E-state index contributed by atoms with van der Waals surface area (Å²) in [6.07, 6.45) is 50.9. The summed E-state index contributed by atoms with van der Waals surface area (Å²) in [5.41, 5.74) is -2.08. The molecule has 12 unspecified atom stereocenters. The van der Waals surface area contributed by atoms with Crippen molar-refractivity contribution in [3.8, 4) is 0 Å². The lowest BCUT2D eigenvalue weighted by molar-refractivity contribution is -0.255. The Morgan fingerprint density at radius 2 is 0.319 bits per heavy atom. The van der Waals surface area contributed by atoms with Gasteiger partial charge in [-0.1, -0.05) is 370 Å². The SMILES string of the molecule is CC(C)CCCC(C)CCCC(C)CCCC(C)CCC(CCC(C)CCCC(C)CCCC(C)CCCC(C)C)(OC(CCC(C)CCCC(C)CCCC(C)CCCC(C)C)(CCC(C)CCCC(C)CCCC(C)CCCC(C)C)[C@@H](O)CO)[C@@H](O)CO. The first kappa shape index (κ1) is 90.8. The van der Waals surface area contributed by atoms with Crippen molar-refractivity contribution in [3.63, 3.8) is 0 Å². The van der Waals surface area contributed by atoms with E-state index in [0.717, 1.165) is 122 Å². The number of ether oxygens (including phenoxy) is 1. The summed E-state index contributed by atoms with van der Waals surface area (Å²) in [6.45, 7) is 47.4. The molecule has 0 heterocycles. The Balaban J connectivity index is 6.72. The molecule has 0 radical (unpaired) electrons. The van der Waals surface area contributed by atoms with Crippen LogP contribution >= 0.6 is 0 Å². The molecule has 0 rings (SSSR count). The number of hydrogen-bond acceptors (Lipinski definition) is 5. The molecule has 4 N–H and O–H groups in total. The molecule has 0 fully saturated rings. The molecule has 0 saturated carbocycles. The molecule has 0 aromatic heterocycles. The molecular formula is C86H174O5. The highest BCUT2D eigenvalue weighted by Gasteiger charge is 2.49. The van der Waals surface area contributed by atoms with Crippen LogP contribution in [0.25, 0.3) is 0 Å². The smallest absolute Gasteiger partial charge is 0.106 e. The van der Waals surface area contributed by atoms with Gasteiger partial charge in [-0.2, -0.15) is 0 Å². The Morgan fingerprint density at radius 1 is 0.198 bits per heavy atom. The molecular weight excluding hydrogens is 1110 g/mol. The lowest BCUT2D eigenvalue weighted by Crippen LogP contribution is -2.58. The highest BCUT2D eigenvalue weighted by atomic mass is 16.6. The van der Waals surface area contributed by atoms with Crippen molar-refractivity contribution < 1.29 is 25.2 Å². The van der Waals surface area contributed by atoms with Gasteiger partial charge in [0, 0.05) is 0 Å². The van der Waals surface area contributed by atoms with Crippen LogP contribution in [0.5, 0.6) is 0 Å². The second-order valence-corrected chi connectivity index (χ2v) is 35.8. The molecule has 0 aromatic rings. The molecule has 0 saturated heterocycles. The van der Waals surface area contributed by atoms with E-state index in [0.29, 0.717) is 49.4 Å². The predicted molar refractivity (Wildman–Crippen MR) is 405 cm³/mol. The van der Waals surface area contributed by atoms with Crippen molar-refractivity contribution >= 4 is 0 Å². The largest absolute Gasteiger partial charge is 0.394 e. The summed E-state index contributed by atoms with van der Waals surface area (Å²) in [4.78, 5) is 0. The van der Waals surface area contributed by atoms with E-state index in [-0.39, 0.29) is 13.2 Å². The van der Waals surface area contributed by atoms with Crippen LogP contribution in [0.4, 0.5) is 0 Å². The summed E-state index contributed by atoms with van der Waals surface area (Å²) < 4.78 is 7.88.